The molecule has 0 aliphatic heterocycles. The van der Waals surface area contributed by atoms with E-state index in [2.05, 4.69) is 17.2 Å². The van der Waals surface area contributed by atoms with E-state index in [0.29, 0.717) is 17.5 Å². The maximum Gasteiger partial charge on any atom is 0.252 e. The standard InChI is InChI=1S/C15H16FNO2/c1-15(7-8-15)17-14(19)13-6-5-12(16)10-11(13)4-2-3-9-18/h5-6,10,18H,3,7-9H2,1H3,(H,17,19). The summed E-state index contributed by atoms with van der Waals surface area (Å²) in [6, 6.07) is 3.94. The zero-order valence-electron chi connectivity index (χ0n) is 10.8. The molecule has 0 radical (unpaired) electrons. The molecule has 2 rings (SSSR count). The van der Waals surface area contributed by atoms with E-state index in [1.165, 1.54) is 18.2 Å². The van der Waals surface area contributed by atoms with Crippen LogP contribution < -0.4 is 5.32 Å². The molecule has 1 saturated carbocycles. The number of rotatable bonds is 3. The second-order valence-corrected chi connectivity index (χ2v) is 4.98. The Kier molecular flexibility index (Phi) is 3.87. The van der Waals surface area contributed by atoms with Crippen molar-refractivity contribution in [2.75, 3.05) is 6.61 Å². The van der Waals surface area contributed by atoms with E-state index in [0.717, 1.165) is 12.8 Å². The maximum atomic E-state index is 13.2. The Hall–Kier alpha value is -1.86. The zero-order valence-corrected chi connectivity index (χ0v) is 10.8. The first-order chi connectivity index (χ1) is 9.04. The molecule has 100 valence electrons. The van der Waals surface area contributed by atoms with Crippen LogP contribution in [0.15, 0.2) is 18.2 Å². The minimum atomic E-state index is -0.428. The fourth-order valence-corrected chi connectivity index (χ4v) is 1.69. The number of carbonyl (C=O) groups excluding carboxylic acids is 1. The van der Waals surface area contributed by atoms with Gasteiger partial charge < -0.3 is 10.4 Å². The molecule has 0 saturated heterocycles. The fraction of sp³-hybridized carbons (Fsp3) is 0.400. The molecule has 1 fully saturated rings. The third-order valence-corrected chi connectivity index (χ3v) is 3.10. The number of aliphatic hydroxyl groups is 1. The van der Waals surface area contributed by atoms with Crippen molar-refractivity contribution in [2.24, 2.45) is 0 Å². The molecule has 1 aliphatic rings. The van der Waals surface area contributed by atoms with E-state index in [-0.39, 0.29) is 18.1 Å². The largest absolute Gasteiger partial charge is 0.395 e. The van der Waals surface area contributed by atoms with Gasteiger partial charge in [0.1, 0.15) is 5.82 Å². The zero-order chi connectivity index (χ0) is 13.9. The van der Waals surface area contributed by atoms with Gasteiger partial charge in [0.2, 0.25) is 0 Å². The van der Waals surface area contributed by atoms with Crippen molar-refractivity contribution < 1.29 is 14.3 Å². The van der Waals surface area contributed by atoms with Gasteiger partial charge in [0.05, 0.1) is 12.2 Å². The Balaban J connectivity index is 2.23. The summed E-state index contributed by atoms with van der Waals surface area (Å²) in [6.07, 6.45) is 2.23. The molecule has 0 spiro atoms. The first-order valence-corrected chi connectivity index (χ1v) is 6.26. The van der Waals surface area contributed by atoms with Crippen molar-refractivity contribution in [3.05, 3.63) is 35.1 Å². The number of hydrogen-bond donors (Lipinski definition) is 2. The average molecular weight is 261 g/mol. The van der Waals surface area contributed by atoms with Crippen molar-refractivity contribution in [1.29, 1.82) is 0 Å². The quantitative estimate of drug-likeness (QED) is 0.816. The summed E-state index contributed by atoms with van der Waals surface area (Å²) in [5.74, 6) is 4.78. The third kappa shape index (κ3) is 3.55. The lowest BCUT2D eigenvalue weighted by Gasteiger charge is -2.12. The Morgan fingerprint density at radius 3 is 2.89 bits per heavy atom. The lowest BCUT2D eigenvalue weighted by atomic mass is 10.1. The van der Waals surface area contributed by atoms with Crippen LogP contribution >= 0.6 is 0 Å². The van der Waals surface area contributed by atoms with Gasteiger partial charge in [-0.3, -0.25) is 4.79 Å². The average Bonchev–Trinajstić information content (AvgIpc) is 3.07. The smallest absolute Gasteiger partial charge is 0.252 e. The molecular weight excluding hydrogens is 245 g/mol. The molecule has 0 atom stereocenters. The molecule has 1 aromatic carbocycles. The molecular formula is C15H16FNO2. The minimum Gasteiger partial charge on any atom is -0.395 e. The lowest BCUT2D eigenvalue weighted by Crippen LogP contribution is -2.34. The van der Waals surface area contributed by atoms with Gasteiger partial charge in [0, 0.05) is 17.5 Å². The molecule has 2 N–H and O–H groups in total. The Bertz CT molecular complexity index is 553. The van der Waals surface area contributed by atoms with Gasteiger partial charge in [-0.2, -0.15) is 0 Å². The number of amides is 1. The summed E-state index contributed by atoms with van der Waals surface area (Å²) in [4.78, 5) is 12.1. The number of nitrogens with one attached hydrogen (secondary N) is 1. The molecule has 0 bridgehead atoms. The topological polar surface area (TPSA) is 49.3 Å². The molecule has 19 heavy (non-hydrogen) atoms. The Labute approximate surface area is 111 Å². The molecule has 0 aromatic heterocycles. The van der Waals surface area contributed by atoms with Gasteiger partial charge in [-0.1, -0.05) is 11.8 Å². The highest BCUT2D eigenvalue weighted by Gasteiger charge is 2.39. The molecule has 1 aromatic rings. The normalized spacial score (nSPS) is 15.3. The highest BCUT2D eigenvalue weighted by atomic mass is 19.1. The number of aliphatic hydroxyl groups excluding tert-OH is 1. The summed E-state index contributed by atoms with van der Waals surface area (Å²) >= 11 is 0. The van der Waals surface area contributed by atoms with Gasteiger partial charge in [-0.25, -0.2) is 4.39 Å². The monoisotopic (exact) mass is 261 g/mol. The molecule has 4 heteroatoms. The first-order valence-electron chi connectivity index (χ1n) is 6.26. The summed E-state index contributed by atoms with van der Waals surface area (Å²) in [5, 5.41) is 11.6. The van der Waals surface area contributed by atoms with Crippen LogP contribution in [-0.4, -0.2) is 23.2 Å². The summed E-state index contributed by atoms with van der Waals surface area (Å²) in [5.41, 5.74) is 0.608. The second kappa shape index (κ2) is 5.41. The van der Waals surface area contributed by atoms with Crippen molar-refractivity contribution in [3.8, 4) is 11.8 Å². The predicted molar refractivity (Wildman–Crippen MR) is 70.1 cm³/mol. The highest BCUT2D eigenvalue weighted by molar-refractivity contribution is 5.97. The number of benzene rings is 1. The Morgan fingerprint density at radius 2 is 2.26 bits per heavy atom. The van der Waals surface area contributed by atoms with Crippen LogP contribution in [0.3, 0.4) is 0 Å². The van der Waals surface area contributed by atoms with Crippen LogP contribution in [-0.2, 0) is 0 Å². The van der Waals surface area contributed by atoms with Crippen molar-refractivity contribution >= 4 is 5.91 Å². The third-order valence-electron chi connectivity index (χ3n) is 3.10. The fourth-order valence-electron chi connectivity index (χ4n) is 1.69. The minimum absolute atomic E-state index is 0.0537. The van der Waals surface area contributed by atoms with E-state index < -0.39 is 5.82 Å². The van der Waals surface area contributed by atoms with Crippen LogP contribution in [0.2, 0.25) is 0 Å². The van der Waals surface area contributed by atoms with Crippen molar-refractivity contribution in [2.45, 2.75) is 31.7 Å². The van der Waals surface area contributed by atoms with E-state index in [1.54, 1.807) is 0 Å². The first kappa shape index (κ1) is 13.6. The van der Waals surface area contributed by atoms with Crippen LogP contribution in [0.5, 0.6) is 0 Å². The summed E-state index contributed by atoms with van der Waals surface area (Å²) in [7, 11) is 0. The summed E-state index contributed by atoms with van der Waals surface area (Å²) in [6.45, 7) is 1.92. The number of carbonyl (C=O) groups is 1. The maximum absolute atomic E-state index is 13.2. The van der Waals surface area contributed by atoms with Crippen LogP contribution in [0.4, 0.5) is 4.39 Å². The van der Waals surface area contributed by atoms with Gasteiger partial charge in [-0.05, 0) is 38.0 Å². The highest BCUT2D eigenvalue weighted by Crippen LogP contribution is 2.34. The second-order valence-electron chi connectivity index (χ2n) is 4.98. The van der Waals surface area contributed by atoms with Crippen molar-refractivity contribution in [3.63, 3.8) is 0 Å². The number of hydrogen-bond acceptors (Lipinski definition) is 2. The predicted octanol–water partition coefficient (Wildman–Crippen LogP) is 1.84. The van der Waals surface area contributed by atoms with Gasteiger partial charge in [-0.15, -0.1) is 0 Å². The van der Waals surface area contributed by atoms with Crippen LogP contribution in [0.25, 0.3) is 0 Å². The van der Waals surface area contributed by atoms with Crippen molar-refractivity contribution in [1.82, 2.24) is 5.32 Å². The van der Waals surface area contributed by atoms with E-state index in [4.69, 9.17) is 5.11 Å². The van der Waals surface area contributed by atoms with Gasteiger partial charge in [0.25, 0.3) is 5.91 Å². The number of halogens is 1. The molecule has 1 amide bonds. The molecule has 0 unspecified atom stereocenters. The van der Waals surface area contributed by atoms with E-state index in [9.17, 15) is 9.18 Å². The molecule has 1 aliphatic carbocycles. The van der Waals surface area contributed by atoms with Gasteiger partial charge in [0.15, 0.2) is 0 Å². The van der Waals surface area contributed by atoms with Crippen LogP contribution in [0, 0.1) is 17.7 Å². The van der Waals surface area contributed by atoms with E-state index >= 15 is 0 Å². The van der Waals surface area contributed by atoms with Gasteiger partial charge >= 0.3 is 0 Å². The lowest BCUT2D eigenvalue weighted by molar-refractivity contribution is 0.0935. The van der Waals surface area contributed by atoms with E-state index in [1.807, 2.05) is 6.92 Å². The summed E-state index contributed by atoms with van der Waals surface area (Å²) < 4.78 is 13.2. The SMILES string of the molecule is CC1(NC(=O)c2ccc(F)cc2C#CCCO)CC1. The van der Waals surface area contributed by atoms with Crippen LogP contribution in [0.1, 0.15) is 42.1 Å². The molecule has 0 heterocycles. The molecule has 3 nitrogen and oxygen atoms in total. The Morgan fingerprint density at radius 1 is 1.53 bits per heavy atom.